The number of hydrogen-bond donors (Lipinski definition) is 1. The highest BCUT2D eigenvalue weighted by molar-refractivity contribution is 7.13. The highest BCUT2D eigenvalue weighted by atomic mass is 35.5. The van der Waals surface area contributed by atoms with E-state index in [0.29, 0.717) is 22.8 Å². The number of rotatable bonds is 5. The Morgan fingerprint density at radius 3 is 2.57 bits per heavy atom. The lowest BCUT2D eigenvalue weighted by Crippen LogP contribution is -2.70. The summed E-state index contributed by atoms with van der Waals surface area (Å²) in [6, 6.07) is 13.9. The van der Waals surface area contributed by atoms with Gasteiger partial charge in [0.2, 0.25) is 0 Å². The van der Waals surface area contributed by atoms with Gasteiger partial charge < -0.3 is 4.42 Å². The average molecular weight is 417 g/mol. The standard InChI is InChI=1S/C19H11ClFN3O3S/c20-15-9-13(24(25)26)5-6-14(15)17-7-8-18(27-17)16-10-28-19(23-16)22-12-3-1-11(21)2-4-12/h1-10H,(H,22,23)/p+1. The van der Waals surface area contributed by atoms with Crippen molar-refractivity contribution in [2.45, 2.75) is 0 Å². The predicted molar refractivity (Wildman–Crippen MR) is 105 cm³/mol. The van der Waals surface area contributed by atoms with E-state index in [2.05, 4.69) is 4.98 Å². The van der Waals surface area contributed by atoms with Gasteiger partial charge in [0.1, 0.15) is 23.0 Å². The monoisotopic (exact) mass is 416 g/mol. The van der Waals surface area contributed by atoms with E-state index >= 15 is 0 Å². The first-order valence-electron chi connectivity index (χ1n) is 8.10. The molecule has 0 radical (unpaired) electrons. The number of nitrogens with two attached hydrogens (primary N) is 1. The van der Waals surface area contributed by atoms with Crippen LogP contribution >= 0.6 is 22.9 Å². The number of aromatic nitrogens is 1. The van der Waals surface area contributed by atoms with Crippen molar-refractivity contribution in [3.8, 4) is 22.8 Å². The van der Waals surface area contributed by atoms with Gasteiger partial charge >= 0.3 is 0 Å². The molecule has 0 aliphatic carbocycles. The number of quaternary nitrogens is 1. The minimum absolute atomic E-state index is 0.0824. The molecule has 0 saturated carbocycles. The summed E-state index contributed by atoms with van der Waals surface area (Å²) in [6.07, 6.45) is 0. The fourth-order valence-electron chi connectivity index (χ4n) is 2.61. The van der Waals surface area contributed by atoms with E-state index in [-0.39, 0.29) is 16.5 Å². The van der Waals surface area contributed by atoms with Crippen LogP contribution in [0.5, 0.6) is 0 Å². The van der Waals surface area contributed by atoms with Crippen LogP contribution in [-0.4, -0.2) is 9.91 Å². The molecule has 0 amide bonds. The Balaban J connectivity index is 1.56. The molecule has 2 aromatic heterocycles. The lowest BCUT2D eigenvalue weighted by Gasteiger charge is -2.00. The maximum absolute atomic E-state index is 13.0. The normalized spacial score (nSPS) is 10.9. The van der Waals surface area contributed by atoms with E-state index in [1.165, 1.54) is 35.6 Å². The zero-order valence-electron chi connectivity index (χ0n) is 14.1. The Labute approximate surface area is 167 Å². The first-order chi connectivity index (χ1) is 13.5. The van der Waals surface area contributed by atoms with E-state index in [1.807, 2.05) is 10.7 Å². The molecule has 6 nitrogen and oxygen atoms in total. The SMILES string of the molecule is O=[N+]([O-])c1ccc(-c2ccc(-c3csc([NH2+]c4ccc(F)cc4)n3)o2)c(Cl)c1. The summed E-state index contributed by atoms with van der Waals surface area (Å²) in [4.78, 5) is 14.9. The van der Waals surface area contributed by atoms with Crippen molar-refractivity contribution >= 4 is 39.4 Å². The Bertz CT molecular complexity index is 1160. The van der Waals surface area contributed by atoms with E-state index < -0.39 is 4.92 Å². The number of nitro benzene ring substituents is 1. The molecule has 0 aliphatic heterocycles. The van der Waals surface area contributed by atoms with E-state index in [0.717, 1.165) is 10.8 Å². The number of nitro groups is 1. The molecule has 2 heterocycles. The van der Waals surface area contributed by atoms with Gasteiger partial charge in [0.25, 0.3) is 10.8 Å². The minimum Gasteiger partial charge on any atom is -0.454 e. The lowest BCUT2D eigenvalue weighted by atomic mass is 10.1. The second-order valence-electron chi connectivity index (χ2n) is 5.85. The van der Waals surface area contributed by atoms with Crippen LogP contribution in [0.2, 0.25) is 5.02 Å². The summed E-state index contributed by atoms with van der Waals surface area (Å²) in [5, 5.41) is 15.5. The van der Waals surface area contributed by atoms with Crippen molar-refractivity contribution in [1.29, 1.82) is 0 Å². The number of nitrogens with zero attached hydrogens (tertiary/aromatic N) is 2. The largest absolute Gasteiger partial charge is 0.454 e. The molecule has 140 valence electrons. The fourth-order valence-corrected chi connectivity index (χ4v) is 3.63. The number of furan rings is 1. The zero-order valence-corrected chi connectivity index (χ0v) is 15.7. The smallest absolute Gasteiger partial charge is 0.288 e. The van der Waals surface area contributed by atoms with Crippen LogP contribution in [0.1, 0.15) is 0 Å². The van der Waals surface area contributed by atoms with Crippen LogP contribution in [0.15, 0.2) is 64.4 Å². The molecule has 0 aliphatic rings. The number of benzene rings is 2. The van der Waals surface area contributed by atoms with Crippen LogP contribution in [0.3, 0.4) is 0 Å². The molecule has 0 bridgehead atoms. The van der Waals surface area contributed by atoms with E-state index in [4.69, 9.17) is 16.0 Å². The minimum atomic E-state index is -0.502. The summed E-state index contributed by atoms with van der Waals surface area (Å²) >= 11 is 7.59. The van der Waals surface area contributed by atoms with Crippen molar-refractivity contribution in [2.75, 3.05) is 0 Å². The molecular formula is C19H12ClFN3O3S+. The third kappa shape index (κ3) is 3.79. The number of thiazole rings is 1. The van der Waals surface area contributed by atoms with Crippen molar-refractivity contribution in [3.63, 3.8) is 0 Å². The number of hydrogen-bond acceptors (Lipinski definition) is 5. The van der Waals surface area contributed by atoms with Crippen LogP contribution in [-0.2, 0) is 0 Å². The maximum Gasteiger partial charge on any atom is 0.288 e. The first-order valence-corrected chi connectivity index (χ1v) is 9.36. The Kier molecular flexibility index (Phi) is 4.91. The summed E-state index contributed by atoms with van der Waals surface area (Å²) in [5.74, 6) is 0.761. The van der Waals surface area contributed by atoms with Gasteiger partial charge in [-0.05, 0) is 30.3 Å². The number of non-ortho nitro benzene ring substituents is 1. The average Bonchev–Trinajstić information content (AvgIpc) is 3.33. The molecule has 0 saturated heterocycles. The summed E-state index contributed by atoms with van der Waals surface area (Å²) < 4.78 is 18.8. The molecule has 0 unspecified atom stereocenters. The third-order valence-corrected chi connectivity index (χ3v) is 5.07. The molecule has 0 spiro atoms. The summed E-state index contributed by atoms with van der Waals surface area (Å²) in [5.41, 5.74) is 1.98. The maximum atomic E-state index is 13.0. The van der Waals surface area contributed by atoms with Gasteiger partial charge in [-0.2, -0.15) is 4.98 Å². The topological polar surface area (TPSA) is 85.8 Å². The van der Waals surface area contributed by atoms with Crippen molar-refractivity contribution in [1.82, 2.24) is 4.98 Å². The van der Waals surface area contributed by atoms with Gasteiger partial charge in [0.15, 0.2) is 5.76 Å². The van der Waals surface area contributed by atoms with E-state index in [9.17, 15) is 14.5 Å². The molecular weight excluding hydrogens is 405 g/mol. The second-order valence-corrected chi connectivity index (χ2v) is 7.15. The predicted octanol–water partition coefficient (Wildman–Crippen LogP) is 5.30. The molecule has 0 atom stereocenters. The quantitative estimate of drug-likeness (QED) is 0.272. The van der Waals surface area contributed by atoms with E-state index in [1.54, 1.807) is 30.3 Å². The molecule has 28 heavy (non-hydrogen) atoms. The Hall–Kier alpha value is -3.07. The highest BCUT2D eigenvalue weighted by Crippen LogP contribution is 2.35. The summed E-state index contributed by atoms with van der Waals surface area (Å²) in [7, 11) is 0. The first kappa shape index (κ1) is 18.3. The zero-order chi connectivity index (χ0) is 19.7. The van der Waals surface area contributed by atoms with Crippen LogP contribution in [0.25, 0.3) is 22.8 Å². The van der Waals surface area contributed by atoms with Gasteiger partial charge in [-0.15, -0.1) is 0 Å². The molecule has 0 fully saturated rings. The van der Waals surface area contributed by atoms with Crippen molar-refractivity contribution < 1.29 is 19.0 Å². The van der Waals surface area contributed by atoms with Gasteiger partial charge in [0, 0.05) is 35.2 Å². The third-order valence-electron chi connectivity index (χ3n) is 3.97. The fraction of sp³-hybridized carbons (Fsp3) is 0. The van der Waals surface area contributed by atoms with Gasteiger partial charge in [-0.3, -0.25) is 15.4 Å². The Morgan fingerprint density at radius 1 is 1.11 bits per heavy atom. The summed E-state index contributed by atoms with van der Waals surface area (Å²) in [6.45, 7) is 0. The van der Waals surface area contributed by atoms with Crippen molar-refractivity contribution in [3.05, 3.63) is 80.9 Å². The molecule has 4 rings (SSSR count). The molecule has 2 aromatic carbocycles. The van der Waals surface area contributed by atoms with Gasteiger partial charge in [-0.25, -0.2) is 4.39 Å². The second kappa shape index (κ2) is 7.51. The molecule has 9 heteroatoms. The molecule has 4 aromatic rings. The lowest BCUT2D eigenvalue weighted by molar-refractivity contribution is -0.478. The molecule has 2 N–H and O–H groups in total. The van der Waals surface area contributed by atoms with Gasteiger partial charge in [-0.1, -0.05) is 22.9 Å². The van der Waals surface area contributed by atoms with Crippen LogP contribution in [0.4, 0.5) is 20.9 Å². The van der Waals surface area contributed by atoms with Gasteiger partial charge in [0.05, 0.1) is 9.95 Å². The van der Waals surface area contributed by atoms with Crippen LogP contribution in [0, 0.1) is 15.9 Å². The highest BCUT2D eigenvalue weighted by Gasteiger charge is 2.16. The number of halogens is 2. The Morgan fingerprint density at radius 2 is 1.86 bits per heavy atom. The van der Waals surface area contributed by atoms with Crippen molar-refractivity contribution in [2.24, 2.45) is 0 Å². The van der Waals surface area contributed by atoms with Crippen LogP contribution < -0.4 is 5.32 Å².